The van der Waals surface area contributed by atoms with Crippen LogP contribution in [0.4, 0.5) is 0 Å². The summed E-state index contributed by atoms with van der Waals surface area (Å²) in [6.45, 7) is 5.84. The molecule has 0 aromatic rings. The maximum Gasteiger partial charge on any atom is -0.00433 e. The first-order valence-corrected chi connectivity index (χ1v) is 5.92. The Bertz CT molecular complexity index is 184. The molecule has 1 nitrogen and oxygen atoms in total. The van der Waals surface area contributed by atoms with E-state index in [0.29, 0.717) is 5.41 Å². The van der Waals surface area contributed by atoms with Crippen LogP contribution in [0.2, 0.25) is 0 Å². The molecule has 0 aromatic heterocycles. The van der Waals surface area contributed by atoms with E-state index in [0.717, 1.165) is 24.3 Å². The molecule has 2 fully saturated rings. The lowest BCUT2D eigenvalue weighted by Crippen LogP contribution is -2.37. The molecular formula is C12H23N. The third-order valence-corrected chi connectivity index (χ3v) is 5.07. The van der Waals surface area contributed by atoms with Crippen LogP contribution in [0, 0.1) is 23.2 Å². The van der Waals surface area contributed by atoms with Gasteiger partial charge in [0.2, 0.25) is 0 Å². The molecule has 13 heavy (non-hydrogen) atoms. The van der Waals surface area contributed by atoms with Crippen molar-refractivity contribution in [1.29, 1.82) is 0 Å². The van der Waals surface area contributed by atoms with E-state index in [1.165, 1.54) is 32.1 Å². The third kappa shape index (κ3) is 1.16. The van der Waals surface area contributed by atoms with Gasteiger partial charge in [0.15, 0.2) is 0 Å². The highest BCUT2D eigenvalue weighted by atomic mass is 14.6. The molecule has 2 aliphatic carbocycles. The Labute approximate surface area is 82.1 Å². The Kier molecular flexibility index (Phi) is 2.39. The van der Waals surface area contributed by atoms with E-state index in [9.17, 15) is 0 Å². The molecule has 1 heteroatoms. The van der Waals surface area contributed by atoms with Crippen LogP contribution in [0.25, 0.3) is 0 Å². The van der Waals surface area contributed by atoms with Crippen LogP contribution >= 0.6 is 0 Å². The zero-order valence-electron chi connectivity index (χ0n) is 9.05. The minimum absolute atomic E-state index is 0.648. The van der Waals surface area contributed by atoms with Gasteiger partial charge in [0.25, 0.3) is 0 Å². The van der Waals surface area contributed by atoms with Crippen molar-refractivity contribution in [1.82, 2.24) is 0 Å². The monoisotopic (exact) mass is 181 g/mol. The van der Waals surface area contributed by atoms with Crippen molar-refractivity contribution in [3.63, 3.8) is 0 Å². The van der Waals surface area contributed by atoms with Gasteiger partial charge in [-0.1, -0.05) is 26.7 Å². The van der Waals surface area contributed by atoms with Crippen LogP contribution in [0.15, 0.2) is 0 Å². The van der Waals surface area contributed by atoms with Crippen LogP contribution in [-0.4, -0.2) is 6.54 Å². The van der Waals surface area contributed by atoms with Crippen LogP contribution in [0.1, 0.15) is 46.0 Å². The molecule has 2 aliphatic rings. The molecule has 0 bridgehead atoms. The maximum atomic E-state index is 5.91. The Hall–Kier alpha value is -0.0400. The molecule has 0 amide bonds. The lowest BCUT2D eigenvalue weighted by atomic mass is 9.66. The van der Waals surface area contributed by atoms with Crippen molar-refractivity contribution in [2.75, 3.05) is 6.54 Å². The van der Waals surface area contributed by atoms with E-state index < -0.39 is 0 Å². The van der Waals surface area contributed by atoms with Crippen LogP contribution in [0.3, 0.4) is 0 Å². The van der Waals surface area contributed by atoms with Crippen molar-refractivity contribution in [3.05, 3.63) is 0 Å². The lowest BCUT2D eigenvalue weighted by molar-refractivity contribution is 0.0974. The number of nitrogens with two attached hydrogens (primary N) is 1. The first kappa shape index (κ1) is 9.51. The second-order valence-electron chi connectivity index (χ2n) is 5.32. The molecule has 0 aromatic carbocycles. The van der Waals surface area contributed by atoms with Crippen LogP contribution < -0.4 is 5.73 Å². The molecule has 0 heterocycles. The topological polar surface area (TPSA) is 26.0 Å². The van der Waals surface area contributed by atoms with E-state index >= 15 is 0 Å². The predicted molar refractivity (Wildman–Crippen MR) is 56.4 cm³/mol. The highest BCUT2D eigenvalue weighted by molar-refractivity contribution is 5.02. The summed E-state index contributed by atoms with van der Waals surface area (Å²) < 4.78 is 0. The van der Waals surface area contributed by atoms with Crippen molar-refractivity contribution < 1.29 is 0 Å². The van der Waals surface area contributed by atoms with E-state index in [1.54, 1.807) is 0 Å². The second kappa shape index (κ2) is 3.27. The number of hydrogen-bond donors (Lipinski definition) is 1. The van der Waals surface area contributed by atoms with Gasteiger partial charge in [0, 0.05) is 0 Å². The van der Waals surface area contributed by atoms with Gasteiger partial charge in [-0.05, 0) is 49.0 Å². The first-order chi connectivity index (χ1) is 6.21. The van der Waals surface area contributed by atoms with Crippen molar-refractivity contribution in [2.45, 2.75) is 46.0 Å². The van der Waals surface area contributed by atoms with Gasteiger partial charge in [-0.2, -0.15) is 0 Å². The second-order valence-corrected chi connectivity index (χ2v) is 5.32. The van der Waals surface area contributed by atoms with Gasteiger partial charge >= 0.3 is 0 Å². The van der Waals surface area contributed by atoms with E-state index in [-0.39, 0.29) is 0 Å². The number of hydrogen-bond acceptors (Lipinski definition) is 1. The fourth-order valence-corrected chi connectivity index (χ4v) is 4.30. The van der Waals surface area contributed by atoms with E-state index in [4.69, 9.17) is 5.73 Å². The van der Waals surface area contributed by atoms with Crippen molar-refractivity contribution in [3.8, 4) is 0 Å². The Balaban J connectivity index is 2.25. The summed E-state index contributed by atoms with van der Waals surface area (Å²) in [5.74, 6) is 2.69. The van der Waals surface area contributed by atoms with Gasteiger partial charge in [-0.3, -0.25) is 0 Å². The zero-order chi connectivity index (χ0) is 9.47. The molecule has 2 rings (SSSR count). The van der Waals surface area contributed by atoms with Gasteiger partial charge in [-0.15, -0.1) is 0 Å². The minimum Gasteiger partial charge on any atom is -0.330 e. The van der Waals surface area contributed by atoms with Crippen molar-refractivity contribution >= 4 is 0 Å². The van der Waals surface area contributed by atoms with Crippen molar-refractivity contribution in [2.24, 2.45) is 28.9 Å². The molecule has 0 saturated heterocycles. The average Bonchev–Trinajstić information content (AvgIpc) is 2.63. The minimum atomic E-state index is 0.648. The molecule has 1 spiro atoms. The van der Waals surface area contributed by atoms with Gasteiger partial charge < -0.3 is 5.73 Å². The SMILES string of the molecule is CC1CCCC12C(C)CCC2CN. The van der Waals surface area contributed by atoms with E-state index in [1.807, 2.05) is 0 Å². The normalized spacial score (nSPS) is 50.5. The summed E-state index contributed by atoms with van der Waals surface area (Å²) in [6, 6.07) is 0. The highest BCUT2D eigenvalue weighted by Gasteiger charge is 2.52. The average molecular weight is 181 g/mol. The van der Waals surface area contributed by atoms with Gasteiger partial charge in [0.1, 0.15) is 0 Å². The zero-order valence-corrected chi connectivity index (χ0v) is 9.05. The molecule has 2 saturated carbocycles. The third-order valence-electron chi connectivity index (χ3n) is 5.07. The summed E-state index contributed by atoms with van der Waals surface area (Å²) in [6.07, 6.45) is 7.16. The van der Waals surface area contributed by atoms with Gasteiger partial charge in [-0.25, -0.2) is 0 Å². The van der Waals surface area contributed by atoms with Crippen LogP contribution in [0.5, 0.6) is 0 Å². The molecule has 0 radical (unpaired) electrons. The van der Waals surface area contributed by atoms with Gasteiger partial charge in [0.05, 0.1) is 0 Å². The summed E-state index contributed by atoms with van der Waals surface area (Å²) in [5, 5.41) is 0. The maximum absolute atomic E-state index is 5.91. The Morgan fingerprint density at radius 2 is 1.85 bits per heavy atom. The number of rotatable bonds is 1. The predicted octanol–water partition coefficient (Wildman–Crippen LogP) is 2.80. The summed E-state index contributed by atoms with van der Waals surface area (Å²) in [7, 11) is 0. The fourth-order valence-electron chi connectivity index (χ4n) is 4.30. The lowest BCUT2D eigenvalue weighted by Gasteiger charge is -2.39. The molecule has 0 aliphatic heterocycles. The molecule has 2 N–H and O–H groups in total. The summed E-state index contributed by atoms with van der Waals surface area (Å²) in [5.41, 5.74) is 6.56. The molecule has 76 valence electrons. The van der Waals surface area contributed by atoms with Crippen LogP contribution in [-0.2, 0) is 0 Å². The Morgan fingerprint density at radius 3 is 2.38 bits per heavy atom. The highest BCUT2D eigenvalue weighted by Crippen LogP contribution is 2.59. The smallest absolute Gasteiger partial charge is 0.00433 e. The largest absolute Gasteiger partial charge is 0.330 e. The molecular weight excluding hydrogens is 158 g/mol. The fraction of sp³-hybridized carbons (Fsp3) is 1.00. The molecule has 4 atom stereocenters. The standard InChI is InChI=1S/C12H23N/c1-9-4-3-7-12(9)10(2)5-6-11(12)8-13/h9-11H,3-8,13H2,1-2H3. The first-order valence-electron chi connectivity index (χ1n) is 5.92. The summed E-state index contributed by atoms with van der Waals surface area (Å²) >= 11 is 0. The van der Waals surface area contributed by atoms with E-state index in [2.05, 4.69) is 13.8 Å². The summed E-state index contributed by atoms with van der Waals surface area (Å²) in [4.78, 5) is 0. The molecule has 4 unspecified atom stereocenters. The Morgan fingerprint density at radius 1 is 1.15 bits per heavy atom. The quantitative estimate of drug-likeness (QED) is 0.661.